The molecule has 0 aliphatic carbocycles. The van der Waals surface area contributed by atoms with E-state index in [9.17, 15) is 0 Å². The zero-order chi connectivity index (χ0) is 19.7. The molecule has 5 heteroatoms. The third-order valence-corrected chi connectivity index (χ3v) is 5.82. The number of nitrogens with zero attached hydrogens (tertiary/aromatic N) is 3. The van der Waals surface area contributed by atoms with Crippen LogP contribution in [0.1, 0.15) is 48.1 Å². The normalized spacial score (nSPS) is 19.1. The molecule has 2 atom stereocenters. The molecule has 4 nitrogen and oxygen atoms in total. The van der Waals surface area contributed by atoms with Crippen molar-refractivity contribution in [1.29, 1.82) is 0 Å². The van der Waals surface area contributed by atoms with E-state index in [2.05, 4.69) is 83.0 Å². The Morgan fingerprint density at radius 1 is 1.07 bits per heavy atom. The molecule has 0 radical (unpaired) electrons. The number of aromatic nitrogens is 2. The molecule has 1 aliphatic heterocycles. The van der Waals surface area contributed by atoms with E-state index in [0.717, 1.165) is 23.8 Å². The Balaban J connectivity index is 1.83. The summed E-state index contributed by atoms with van der Waals surface area (Å²) in [5.41, 5.74) is 6.00. The second-order valence-electron chi connectivity index (χ2n) is 7.32. The molecule has 0 spiro atoms. The van der Waals surface area contributed by atoms with E-state index in [1.54, 1.807) is 0 Å². The van der Waals surface area contributed by atoms with Crippen molar-refractivity contribution in [2.75, 3.05) is 6.54 Å². The summed E-state index contributed by atoms with van der Waals surface area (Å²) in [4.78, 5) is 6.95. The lowest BCUT2D eigenvalue weighted by molar-refractivity contribution is 0.316. The van der Waals surface area contributed by atoms with Crippen molar-refractivity contribution in [3.05, 3.63) is 83.4 Å². The summed E-state index contributed by atoms with van der Waals surface area (Å²) >= 11 is 5.72. The van der Waals surface area contributed by atoms with Crippen LogP contribution in [0.5, 0.6) is 0 Å². The minimum absolute atomic E-state index is 0.0463. The van der Waals surface area contributed by atoms with Gasteiger partial charge in [0.2, 0.25) is 0 Å². The lowest BCUT2D eigenvalue weighted by Crippen LogP contribution is -2.30. The molecule has 1 fully saturated rings. The van der Waals surface area contributed by atoms with Gasteiger partial charge < -0.3 is 14.8 Å². The predicted octanol–water partition coefficient (Wildman–Crippen LogP) is 4.87. The van der Waals surface area contributed by atoms with Crippen molar-refractivity contribution in [3.63, 3.8) is 0 Å². The van der Waals surface area contributed by atoms with Crippen LogP contribution in [0, 0.1) is 13.8 Å². The number of hydrogen-bond acceptors (Lipinski definition) is 2. The van der Waals surface area contributed by atoms with Crippen molar-refractivity contribution >= 4 is 17.3 Å². The summed E-state index contributed by atoms with van der Waals surface area (Å²) < 4.78 is 2.33. The highest BCUT2D eigenvalue weighted by Crippen LogP contribution is 2.41. The monoisotopic (exact) mass is 390 g/mol. The molecule has 2 aromatic heterocycles. The topological polar surface area (TPSA) is 33.1 Å². The second-order valence-corrected chi connectivity index (χ2v) is 7.70. The minimum atomic E-state index is 0.0463. The molecule has 2 unspecified atom stereocenters. The molecule has 1 aliphatic rings. The van der Waals surface area contributed by atoms with Crippen molar-refractivity contribution in [2.45, 2.75) is 39.3 Å². The van der Waals surface area contributed by atoms with Gasteiger partial charge in [0.15, 0.2) is 5.11 Å². The van der Waals surface area contributed by atoms with Crippen LogP contribution in [-0.2, 0) is 0 Å². The number of para-hydroxylation sites is 1. The molecule has 1 saturated heterocycles. The third-order valence-electron chi connectivity index (χ3n) is 5.47. The number of hydrogen-bond donors (Lipinski definition) is 1. The fourth-order valence-corrected chi connectivity index (χ4v) is 4.62. The minimum Gasteiger partial charge on any atom is -0.352 e. The fourth-order valence-electron chi connectivity index (χ4n) is 4.29. The van der Waals surface area contributed by atoms with Gasteiger partial charge in [-0.2, -0.15) is 0 Å². The molecular weight excluding hydrogens is 364 g/mol. The lowest BCUT2D eigenvalue weighted by atomic mass is 9.96. The van der Waals surface area contributed by atoms with Crippen LogP contribution >= 0.6 is 12.2 Å². The summed E-state index contributed by atoms with van der Waals surface area (Å²) in [5.74, 6) is 0. The average Bonchev–Trinajstić information content (AvgIpc) is 3.19. The summed E-state index contributed by atoms with van der Waals surface area (Å²) in [6.07, 6.45) is 2.90. The molecule has 1 N–H and O–H groups in total. The molecule has 144 valence electrons. The van der Waals surface area contributed by atoms with Crippen LogP contribution in [0.3, 0.4) is 0 Å². The Morgan fingerprint density at radius 3 is 2.50 bits per heavy atom. The molecule has 3 aromatic rings. The molecule has 0 amide bonds. The van der Waals surface area contributed by atoms with E-state index in [1.165, 1.54) is 22.6 Å². The van der Waals surface area contributed by atoms with Gasteiger partial charge in [-0.15, -0.1) is 0 Å². The van der Waals surface area contributed by atoms with Gasteiger partial charge in [-0.25, -0.2) is 0 Å². The quantitative estimate of drug-likeness (QED) is 0.630. The molecule has 0 bridgehead atoms. The zero-order valence-corrected chi connectivity index (χ0v) is 17.4. The molecule has 4 rings (SSSR count). The van der Waals surface area contributed by atoms with E-state index >= 15 is 0 Å². The van der Waals surface area contributed by atoms with Crippen molar-refractivity contribution < 1.29 is 0 Å². The fraction of sp³-hybridized carbons (Fsp3) is 0.304. The first-order valence-corrected chi connectivity index (χ1v) is 10.2. The Hall–Kier alpha value is -2.66. The smallest absolute Gasteiger partial charge is 0.170 e. The summed E-state index contributed by atoms with van der Waals surface area (Å²) in [7, 11) is 0. The number of nitrogens with one attached hydrogen (secondary N) is 1. The highest BCUT2D eigenvalue weighted by Gasteiger charge is 2.40. The Labute approximate surface area is 172 Å². The zero-order valence-electron chi connectivity index (χ0n) is 16.6. The van der Waals surface area contributed by atoms with Crippen molar-refractivity contribution in [2.24, 2.45) is 0 Å². The largest absolute Gasteiger partial charge is 0.352 e. The molecular formula is C23H26N4S. The van der Waals surface area contributed by atoms with Crippen LogP contribution in [0.25, 0.3) is 5.69 Å². The molecule has 0 saturated carbocycles. The second kappa shape index (κ2) is 7.76. The first-order valence-electron chi connectivity index (χ1n) is 9.84. The van der Waals surface area contributed by atoms with Crippen LogP contribution in [0.15, 0.2) is 60.8 Å². The van der Waals surface area contributed by atoms with E-state index in [1.807, 2.05) is 18.3 Å². The number of benzene rings is 1. The Bertz CT molecular complexity index is 965. The number of pyridine rings is 1. The van der Waals surface area contributed by atoms with Gasteiger partial charge in [-0.05, 0) is 68.4 Å². The van der Waals surface area contributed by atoms with Crippen LogP contribution in [0.2, 0.25) is 0 Å². The number of aryl methyl sites for hydroxylation is 1. The van der Waals surface area contributed by atoms with Gasteiger partial charge in [0.25, 0.3) is 0 Å². The summed E-state index contributed by atoms with van der Waals surface area (Å²) in [6.45, 7) is 7.50. The van der Waals surface area contributed by atoms with Gasteiger partial charge in [0.05, 0.1) is 17.8 Å². The number of thiocarbonyl (C=S) groups is 1. The first-order chi connectivity index (χ1) is 13.6. The van der Waals surface area contributed by atoms with Crippen molar-refractivity contribution in [1.82, 2.24) is 19.8 Å². The average molecular weight is 391 g/mol. The molecule has 28 heavy (non-hydrogen) atoms. The Morgan fingerprint density at radius 2 is 1.82 bits per heavy atom. The van der Waals surface area contributed by atoms with Crippen LogP contribution in [-0.4, -0.2) is 26.1 Å². The predicted molar refractivity (Wildman–Crippen MR) is 118 cm³/mol. The van der Waals surface area contributed by atoms with E-state index in [0.29, 0.717) is 0 Å². The SMILES string of the molecule is CCCN1C(=S)NC(c2ccccn2)C1c1cc(C)n(-c2ccccc2)c1C. The number of rotatable bonds is 5. The van der Waals surface area contributed by atoms with Crippen LogP contribution in [0.4, 0.5) is 0 Å². The standard InChI is InChI=1S/C23H26N4S/c1-4-14-26-22(21(25-23(26)28)20-12-8-9-13-24-20)19-15-16(2)27(17(19)3)18-10-6-5-7-11-18/h5-13,15,21-22H,4,14H2,1-3H3,(H,25,28). The first kappa shape index (κ1) is 18.7. The highest BCUT2D eigenvalue weighted by atomic mass is 32.1. The van der Waals surface area contributed by atoms with Gasteiger partial charge in [0, 0.05) is 29.8 Å². The third kappa shape index (κ3) is 3.20. The van der Waals surface area contributed by atoms with E-state index in [4.69, 9.17) is 12.2 Å². The summed E-state index contributed by atoms with van der Waals surface area (Å²) in [5, 5.41) is 4.35. The van der Waals surface area contributed by atoms with Crippen LogP contribution < -0.4 is 5.32 Å². The van der Waals surface area contributed by atoms with E-state index < -0.39 is 0 Å². The lowest BCUT2D eigenvalue weighted by Gasteiger charge is -2.27. The van der Waals surface area contributed by atoms with Gasteiger partial charge in [0.1, 0.15) is 0 Å². The molecule has 1 aromatic carbocycles. The summed E-state index contributed by atoms with van der Waals surface area (Å²) in [6, 6.07) is 19.1. The Kier molecular flexibility index (Phi) is 5.18. The maximum atomic E-state index is 5.72. The highest BCUT2D eigenvalue weighted by molar-refractivity contribution is 7.80. The maximum absolute atomic E-state index is 5.72. The van der Waals surface area contributed by atoms with E-state index in [-0.39, 0.29) is 12.1 Å². The maximum Gasteiger partial charge on any atom is 0.170 e. The van der Waals surface area contributed by atoms with Gasteiger partial charge in [-0.1, -0.05) is 31.2 Å². The van der Waals surface area contributed by atoms with Crippen molar-refractivity contribution in [3.8, 4) is 5.69 Å². The van der Waals surface area contributed by atoms with Gasteiger partial charge >= 0.3 is 0 Å². The molecule has 3 heterocycles. The van der Waals surface area contributed by atoms with Gasteiger partial charge in [-0.3, -0.25) is 4.98 Å².